The molecule has 2 bridgehead atoms. The molecule has 0 aromatic carbocycles. The van der Waals surface area contributed by atoms with Crippen molar-refractivity contribution in [2.24, 2.45) is 23.7 Å². The first-order chi connectivity index (χ1) is 22.6. The Balaban J connectivity index is 1.98. The molecule has 3 aliphatic rings. The number of aliphatic hydroxyl groups is 4. The molecule has 274 valence electrons. The first-order valence-electron chi connectivity index (χ1n) is 17.7. The van der Waals surface area contributed by atoms with Gasteiger partial charge < -0.3 is 44.1 Å². The van der Waals surface area contributed by atoms with Crippen molar-refractivity contribution in [3.63, 3.8) is 0 Å². The van der Waals surface area contributed by atoms with E-state index in [2.05, 4.69) is 6.92 Å². The Bertz CT molecular complexity index is 1150. The number of carbonyl (C=O) groups is 1. The molecule has 10 heteroatoms. The molecule has 48 heavy (non-hydrogen) atoms. The lowest BCUT2D eigenvalue weighted by molar-refractivity contribution is -0.319. The minimum atomic E-state index is -1.78. The first kappa shape index (κ1) is 40.5. The number of ether oxygens (including phenoxy) is 5. The van der Waals surface area contributed by atoms with Crippen molar-refractivity contribution in [2.75, 3.05) is 13.9 Å². The highest BCUT2D eigenvalue weighted by Gasteiger charge is 2.50. The number of hydrogen-bond donors (Lipinski definition) is 4. The number of fused-ring (bicyclic) bond motifs is 2. The number of aliphatic hydroxyl groups excluding tert-OH is 3. The van der Waals surface area contributed by atoms with E-state index in [1.54, 1.807) is 32.9 Å². The summed E-state index contributed by atoms with van der Waals surface area (Å²) >= 11 is 0. The van der Waals surface area contributed by atoms with Crippen molar-refractivity contribution in [1.82, 2.24) is 0 Å². The monoisotopic (exact) mass is 678 g/mol. The second kappa shape index (κ2) is 17.9. The Hall–Kier alpha value is -1.89. The number of carbonyl (C=O) groups excluding carboxylic acids is 1. The molecule has 0 radical (unpaired) electrons. The largest absolute Gasteiger partial charge is 0.456 e. The van der Waals surface area contributed by atoms with Gasteiger partial charge in [0.05, 0.1) is 30.5 Å². The zero-order valence-electron chi connectivity index (χ0n) is 30.5. The third-order valence-corrected chi connectivity index (χ3v) is 10.8. The molecule has 10 nitrogen and oxygen atoms in total. The topological polar surface area (TPSA) is 144 Å². The van der Waals surface area contributed by atoms with E-state index >= 15 is 0 Å². The molecule has 0 saturated carbocycles. The molecule has 0 aromatic heterocycles. The minimum Gasteiger partial charge on any atom is -0.456 e. The molecular weight excluding hydrogens is 616 g/mol. The highest BCUT2D eigenvalue weighted by atomic mass is 16.7. The van der Waals surface area contributed by atoms with E-state index in [1.165, 1.54) is 13.2 Å². The van der Waals surface area contributed by atoms with Crippen LogP contribution in [-0.4, -0.2) is 94.4 Å². The van der Waals surface area contributed by atoms with Crippen molar-refractivity contribution >= 4 is 5.97 Å². The van der Waals surface area contributed by atoms with E-state index in [-0.39, 0.29) is 31.2 Å². The highest BCUT2D eigenvalue weighted by Crippen LogP contribution is 2.40. The Morgan fingerprint density at radius 1 is 1.12 bits per heavy atom. The quantitative estimate of drug-likeness (QED) is 0.191. The fraction of sp³-hybridized carbons (Fsp3) is 0.763. The normalized spacial score (nSPS) is 42.6. The summed E-state index contributed by atoms with van der Waals surface area (Å²) in [5.41, 5.74) is 0.648. The van der Waals surface area contributed by atoms with Crippen LogP contribution in [0.4, 0.5) is 0 Å². The van der Waals surface area contributed by atoms with Crippen LogP contribution in [0.1, 0.15) is 93.9 Å². The van der Waals surface area contributed by atoms with E-state index in [0.29, 0.717) is 12.0 Å². The molecule has 3 heterocycles. The fourth-order valence-electron chi connectivity index (χ4n) is 7.27. The van der Waals surface area contributed by atoms with Gasteiger partial charge >= 0.3 is 5.97 Å². The number of esters is 1. The third-order valence-electron chi connectivity index (χ3n) is 10.8. The number of allylic oxidation sites excluding steroid dienone is 5. The smallest absolute Gasteiger partial charge is 0.331 e. The van der Waals surface area contributed by atoms with Crippen molar-refractivity contribution < 1.29 is 48.9 Å². The third kappa shape index (κ3) is 10.1. The van der Waals surface area contributed by atoms with Crippen LogP contribution >= 0.6 is 0 Å². The maximum Gasteiger partial charge on any atom is 0.331 e. The van der Waals surface area contributed by atoms with Gasteiger partial charge in [-0.25, -0.2) is 4.79 Å². The lowest BCUT2D eigenvalue weighted by Crippen LogP contribution is -2.57. The van der Waals surface area contributed by atoms with E-state index in [9.17, 15) is 25.2 Å². The van der Waals surface area contributed by atoms with Crippen LogP contribution in [0.3, 0.4) is 0 Å². The average molecular weight is 679 g/mol. The Kier molecular flexibility index (Phi) is 15.1. The molecular formula is C38H62O10. The summed E-state index contributed by atoms with van der Waals surface area (Å²) in [6.45, 7) is 14.9. The van der Waals surface area contributed by atoms with Gasteiger partial charge in [-0.2, -0.15) is 0 Å². The van der Waals surface area contributed by atoms with Gasteiger partial charge in [-0.3, -0.25) is 0 Å². The van der Waals surface area contributed by atoms with Crippen LogP contribution in [0.15, 0.2) is 47.6 Å². The van der Waals surface area contributed by atoms with Crippen LogP contribution in [0, 0.1) is 23.7 Å². The van der Waals surface area contributed by atoms with E-state index in [0.717, 1.165) is 31.3 Å². The van der Waals surface area contributed by atoms with Crippen LogP contribution in [0.25, 0.3) is 0 Å². The first-order valence-corrected chi connectivity index (χ1v) is 17.7. The van der Waals surface area contributed by atoms with Gasteiger partial charge in [0, 0.05) is 43.3 Å². The van der Waals surface area contributed by atoms with Crippen LogP contribution < -0.4 is 0 Å². The number of rotatable bonds is 9. The maximum absolute atomic E-state index is 13.3. The number of methoxy groups -OCH3 is 1. The lowest BCUT2D eigenvalue weighted by Gasteiger charge is -2.47. The predicted molar refractivity (Wildman–Crippen MR) is 184 cm³/mol. The Morgan fingerprint density at radius 2 is 1.83 bits per heavy atom. The number of hydrogen-bond acceptors (Lipinski definition) is 10. The summed E-state index contributed by atoms with van der Waals surface area (Å²) in [5, 5.41) is 45.5. The maximum atomic E-state index is 13.3. The van der Waals surface area contributed by atoms with Crippen LogP contribution in [0.5, 0.6) is 0 Å². The second-order valence-corrected chi connectivity index (χ2v) is 14.6. The van der Waals surface area contributed by atoms with Crippen molar-refractivity contribution in [1.29, 1.82) is 0 Å². The Labute approximate surface area is 287 Å². The van der Waals surface area contributed by atoms with E-state index in [1.807, 2.05) is 45.9 Å². The fourth-order valence-corrected chi connectivity index (χ4v) is 7.27. The van der Waals surface area contributed by atoms with Gasteiger partial charge in [-0.1, -0.05) is 82.4 Å². The standard InChI is InChI=1S/C38H62O10/c1-10-11-12-15-31-29-19-23(2)14-13-16-32(44-9)35(26(5)34(41)27(6)38(43)21-30(39)25(4)28(7)48-38)47-33(40)18-17-24(3)20-37(8,36(29)42)46-22-45-31/h13-14,16-18,20,25-32,34-36,39,41-43H,10-12,15,19,21-22H2,1-9H3/b16-13+,18-17+,23-14+,24-20+/t25-,26+,27+,28-,29-,30-,31+,32+,34-,35-,36-,37+,38-/m1/s1. The average Bonchev–Trinajstić information content (AvgIpc) is 3.14. The summed E-state index contributed by atoms with van der Waals surface area (Å²) in [4.78, 5) is 13.3. The summed E-state index contributed by atoms with van der Waals surface area (Å²) in [6.07, 6.45) is 9.64. The van der Waals surface area contributed by atoms with Crippen molar-refractivity contribution in [3.05, 3.63) is 47.6 Å². The van der Waals surface area contributed by atoms with Gasteiger partial charge in [0.25, 0.3) is 0 Å². The molecule has 0 unspecified atom stereocenters. The number of cyclic esters (lactones) is 1. The summed E-state index contributed by atoms with van der Waals surface area (Å²) in [5.74, 6) is -4.37. The van der Waals surface area contributed by atoms with Gasteiger partial charge in [0.2, 0.25) is 0 Å². The molecule has 0 aromatic rings. The zero-order chi connectivity index (χ0) is 35.8. The lowest BCUT2D eigenvalue weighted by atomic mass is 9.77. The van der Waals surface area contributed by atoms with Crippen LogP contribution in [0.2, 0.25) is 0 Å². The van der Waals surface area contributed by atoms with Gasteiger partial charge in [0.15, 0.2) is 5.79 Å². The highest BCUT2D eigenvalue weighted by molar-refractivity contribution is 5.82. The van der Waals surface area contributed by atoms with Crippen LogP contribution in [-0.2, 0) is 28.5 Å². The molecule has 2 fully saturated rings. The van der Waals surface area contributed by atoms with Crippen molar-refractivity contribution in [3.8, 4) is 0 Å². The molecule has 2 saturated heterocycles. The van der Waals surface area contributed by atoms with E-state index < -0.39 is 65.8 Å². The molecule has 13 atom stereocenters. The molecule has 3 aliphatic heterocycles. The molecule has 4 N–H and O–H groups in total. The Morgan fingerprint density at radius 3 is 2.48 bits per heavy atom. The van der Waals surface area contributed by atoms with E-state index in [4.69, 9.17) is 23.7 Å². The molecule has 0 aliphatic carbocycles. The summed E-state index contributed by atoms with van der Waals surface area (Å²) in [6, 6.07) is 0. The minimum absolute atomic E-state index is 0.0476. The predicted octanol–water partition coefficient (Wildman–Crippen LogP) is 5.14. The van der Waals surface area contributed by atoms with Gasteiger partial charge in [-0.15, -0.1) is 0 Å². The molecule has 3 rings (SSSR count). The van der Waals surface area contributed by atoms with Gasteiger partial charge in [0.1, 0.15) is 24.6 Å². The summed E-state index contributed by atoms with van der Waals surface area (Å²) in [7, 11) is 1.51. The zero-order valence-corrected chi connectivity index (χ0v) is 30.5. The number of unbranched alkanes of at least 4 members (excludes halogenated alkanes) is 2. The molecule has 0 amide bonds. The van der Waals surface area contributed by atoms with Gasteiger partial charge in [-0.05, 0) is 46.6 Å². The molecule has 0 spiro atoms. The van der Waals surface area contributed by atoms with Crippen molar-refractivity contribution in [2.45, 2.75) is 148 Å². The second-order valence-electron chi connectivity index (χ2n) is 14.6. The SMILES string of the molecule is CCCCC[C@@H]1OCO[C@@]2(C)/C=C(C)/C=C/C(=O)O[C@H]([C@@H](C)[C@@H](O)[C@H](C)[C@@]3(O)C[C@@H](O)[C@H](C)[C@@H](C)O3)[C@@H](OC)/C=C/C=C(\C)C[C@H]1[C@H]2O. The summed E-state index contributed by atoms with van der Waals surface area (Å²) < 4.78 is 30.1.